The summed E-state index contributed by atoms with van der Waals surface area (Å²) in [6.07, 6.45) is 1.82. The SMILES string of the molecule is CNC(=O)Nc1ccc(NC(=O)CNC(=O)C2CC2)cc1. The van der Waals surface area contributed by atoms with Crippen LogP contribution in [0.25, 0.3) is 0 Å². The van der Waals surface area contributed by atoms with Crippen LogP contribution in [0.1, 0.15) is 12.8 Å². The van der Waals surface area contributed by atoms with Crippen LogP contribution in [0.15, 0.2) is 24.3 Å². The second-order valence-corrected chi connectivity index (χ2v) is 4.82. The summed E-state index contributed by atoms with van der Waals surface area (Å²) in [4.78, 5) is 34.2. The summed E-state index contributed by atoms with van der Waals surface area (Å²) in [6.45, 7) is -0.0342. The molecule has 7 nitrogen and oxygen atoms in total. The first-order chi connectivity index (χ1) is 10.1. The van der Waals surface area contributed by atoms with E-state index in [1.54, 1.807) is 24.3 Å². The highest BCUT2D eigenvalue weighted by atomic mass is 16.2. The van der Waals surface area contributed by atoms with Gasteiger partial charge in [-0.1, -0.05) is 0 Å². The second kappa shape index (κ2) is 6.74. The quantitative estimate of drug-likeness (QED) is 0.648. The van der Waals surface area contributed by atoms with Gasteiger partial charge in [0.1, 0.15) is 0 Å². The Labute approximate surface area is 122 Å². The number of benzene rings is 1. The molecule has 0 saturated heterocycles. The van der Waals surface area contributed by atoms with E-state index in [9.17, 15) is 14.4 Å². The van der Waals surface area contributed by atoms with Gasteiger partial charge in [0.25, 0.3) is 0 Å². The van der Waals surface area contributed by atoms with Gasteiger partial charge in [0.05, 0.1) is 6.54 Å². The van der Waals surface area contributed by atoms with E-state index in [1.807, 2.05) is 0 Å². The van der Waals surface area contributed by atoms with Gasteiger partial charge >= 0.3 is 6.03 Å². The number of amides is 4. The summed E-state index contributed by atoms with van der Waals surface area (Å²) in [6, 6.07) is 6.38. The molecule has 4 N–H and O–H groups in total. The van der Waals surface area contributed by atoms with E-state index in [4.69, 9.17) is 0 Å². The Hall–Kier alpha value is -2.57. The highest BCUT2D eigenvalue weighted by molar-refractivity contribution is 5.95. The van der Waals surface area contributed by atoms with Crippen molar-refractivity contribution in [3.05, 3.63) is 24.3 Å². The van der Waals surface area contributed by atoms with Gasteiger partial charge in [0.2, 0.25) is 11.8 Å². The first-order valence-electron chi connectivity index (χ1n) is 6.75. The Morgan fingerprint density at radius 2 is 1.62 bits per heavy atom. The molecule has 112 valence electrons. The maximum Gasteiger partial charge on any atom is 0.318 e. The van der Waals surface area contributed by atoms with Crippen LogP contribution in [-0.4, -0.2) is 31.4 Å². The molecule has 1 fully saturated rings. The number of nitrogens with one attached hydrogen (secondary N) is 4. The lowest BCUT2D eigenvalue weighted by atomic mass is 10.2. The number of carbonyl (C=O) groups is 3. The van der Waals surface area contributed by atoms with Crippen LogP contribution in [0, 0.1) is 5.92 Å². The molecule has 1 saturated carbocycles. The predicted octanol–water partition coefficient (Wildman–Crippen LogP) is 0.903. The topological polar surface area (TPSA) is 99.3 Å². The molecule has 1 aliphatic carbocycles. The van der Waals surface area contributed by atoms with Crippen molar-refractivity contribution in [1.29, 1.82) is 0 Å². The number of rotatable bonds is 5. The first kappa shape index (κ1) is 14.8. The summed E-state index contributed by atoms with van der Waals surface area (Å²) in [5, 5.41) is 10.3. The summed E-state index contributed by atoms with van der Waals surface area (Å²) in [5.41, 5.74) is 1.22. The van der Waals surface area contributed by atoms with Gasteiger partial charge in [0.15, 0.2) is 0 Å². The van der Waals surface area contributed by atoms with Gasteiger partial charge in [-0.15, -0.1) is 0 Å². The van der Waals surface area contributed by atoms with Gasteiger partial charge in [-0.05, 0) is 37.1 Å². The third-order valence-corrected chi connectivity index (χ3v) is 3.02. The largest absolute Gasteiger partial charge is 0.347 e. The minimum Gasteiger partial charge on any atom is -0.347 e. The van der Waals surface area contributed by atoms with Crippen LogP contribution in [0.4, 0.5) is 16.2 Å². The van der Waals surface area contributed by atoms with E-state index in [-0.39, 0.29) is 30.3 Å². The molecule has 0 spiro atoms. The number of carbonyl (C=O) groups excluding carboxylic acids is 3. The zero-order valence-corrected chi connectivity index (χ0v) is 11.7. The highest BCUT2D eigenvalue weighted by Gasteiger charge is 2.29. The van der Waals surface area contributed by atoms with Gasteiger partial charge in [-0.25, -0.2) is 4.79 Å². The molecule has 21 heavy (non-hydrogen) atoms. The van der Waals surface area contributed by atoms with Crippen LogP contribution in [-0.2, 0) is 9.59 Å². The molecule has 0 atom stereocenters. The molecule has 7 heteroatoms. The van der Waals surface area contributed by atoms with Crippen LogP contribution < -0.4 is 21.3 Å². The van der Waals surface area contributed by atoms with Gasteiger partial charge < -0.3 is 21.3 Å². The number of urea groups is 1. The summed E-state index contributed by atoms with van der Waals surface area (Å²) >= 11 is 0. The monoisotopic (exact) mass is 290 g/mol. The standard InChI is InChI=1S/C14H18N4O3/c1-15-14(21)18-11-6-4-10(5-7-11)17-12(19)8-16-13(20)9-2-3-9/h4-7,9H,2-3,8H2,1H3,(H,16,20)(H,17,19)(H2,15,18,21). The molecular weight excluding hydrogens is 272 g/mol. The molecule has 1 aliphatic rings. The van der Waals surface area contributed by atoms with E-state index in [2.05, 4.69) is 21.3 Å². The molecule has 4 amide bonds. The van der Waals surface area contributed by atoms with Crippen molar-refractivity contribution in [3.8, 4) is 0 Å². The lowest BCUT2D eigenvalue weighted by Gasteiger charge is -2.08. The van der Waals surface area contributed by atoms with Crippen molar-refractivity contribution in [2.24, 2.45) is 5.92 Å². The second-order valence-electron chi connectivity index (χ2n) is 4.82. The Morgan fingerprint density at radius 3 is 2.14 bits per heavy atom. The zero-order valence-electron chi connectivity index (χ0n) is 11.7. The van der Waals surface area contributed by atoms with Crippen LogP contribution in [0.5, 0.6) is 0 Å². The predicted molar refractivity (Wildman–Crippen MR) is 78.9 cm³/mol. The maximum absolute atomic E-state index is 11.7. The van der Waals surface area contributed by atoms with Gasteiger partial charge in [-0.2, -0.15) is 0 Å². The van der Waals surface area contributed by atoms with E-state index < -0.39 is 0 Å². The van der Waals surface area contributed by atoms with E-state index >= 15 is 0 Å². The number of hydrogen-bond acceptors (Lipinski definition) is 3. The minimum absolute atomic E-state index is 0.0342. The summed E-state index contributed by atoms with van der Waals surface area (Å²) < 4.78 is 0. The van der Waals surface area contributed by atoms with E-state index in [1.165, 1.54) is 7.05 Å². The van der Waals surface area contributed by atoms with Crippen molar-refractivity contribution in [2.45, 2.75) is 12.8 Å². The normalized spacial score (nSPS) is 13.2. The Bertz CT molecular complexity index is 538. The lowest BCUT2D eigenvalue weighted by molar-refractivity contribution is -0.125. The fourth-order valence-electron chi connectivity index (χ4n) is 1.69. The number of anilines is 2. The average Bonchev–Trinajstić information content (AvgIpc) is 3.31. The third-order valence-electron chi connectivity index (χ3n) is 3.02. The summed E-state index contributed by atoms with van der Waals surface area (Å²) in [7, 11) is 1.53. The van der Waals surface area contributed by atoms with Crippen molar-refractivity contribution in [3.63, 3.8) is 0 Å². The van der Waals surface area contributed by atoms with Gasteiger partial charge in [0, 0.05) is 24.3 Å². The molecule has 1 aromatic carbocycles. The van der Waals surface area contributed by atoms with Crippen molar-refractivity contribution >= 4 is 29.2 Å². The molecule has 1 aromatic rings. The molecule has 0 heterocycles. The molecule has 0 aliphatic heterocycles. The van der Waals surface area contributed by atoms with Crippen LogP contribution >= 0.6 is 0 Å². The van der Waals surface area contributed by atoms with Crippen LogP contribution in [0.3, 0.4) is 0 Å². The molecule has 2 rings (SSSR count). The van der Waals surface area contributed by atoms with Gasteiger partial charge in [-0.3, -0.25) is 9.59 Å². The van der Waals surface area contributed by atoms with E-state index in [0.29, 0.717) is 11.4 Å². The molecular formula is C14H18N4O3. The van der Waals surface area contributed by atoms with Crippen molar-refractivity contribution < 1.29 is 14.4 Å². The van der Waals surface area contributed by atoms with Crippen molar-refractivity contribution in [1.82, 2.24) is 10.6 Å². The smallest absolute Gasteiger partial charge is 0.318 e. The third kappa shape index (κ3) is 4.79. The Kier molecular flexibility index (Phi) is 4.76. The lowest BCUT2D eigenvalue weighted by Crippen LogP contribution is -2.33. The maximum atomic E-state index is 11.7. The Morgan fingerprint density at radius 1 is 1.05 bits per heavy atom. The van der Waals surface area contributed by atoms with E-state index in [0.717, 1.165) is 12.8 Å². The zero-order chi connectivity index (χ0) is 15.2. The molecule has 0 unspecified atom stereocenters. The average molecular weight is 290 g/mol. The number of hydrogen-bond donors (Lipinski definition) is 4. The van der Waals surface area contributed by atoms with Crippen molar-refractivity contribution in [2.75, 3.05) is 24.2 Å². The molecule has 0 radical (unpaired) electrons. The summed E-state index contributed by atoms with van der Waals surface area (Å²) in [5.74, 6) is -0.251. The molecule has 0 bridgehead atoms. The highest BCUT2D eigenvalue weighted by Crippen LogP contribution is 2.28. The first-order valence-corrected chi connectivity index (χ1v) is 6.75. The van der Waals surface area contributed by atoms with Crippen LogP contribution in [0.2, 0.25) is 0 Å². The Balaban J connectivity index is 1.77. The molecule has 0 aromatic heterocycles. The minimum atomic E-state index is -0.311. The fourth-order valence-corrected chi connectivity index (χ4v) is 1.69. The fraction of sp³-hybridized carbons (Fsp3) is 0.357.